The molecule has 0 fully saturated rings. The minimum absolute atomic E-state index is 0.154. The molecular formula is C16H23N3O2. The molecule has 0 aliphatic heterocycles. The van der Waals surface area contributed by atoms with Gasteiger partial charge >= 0.3 is 0 Å². The third-order valence-corrected chi connectivity index (χ3v) is 3.37. The molecule has 2 rings (SSSR count). The fraction of sp³-hybridized carbons (Fsp3) is 0.438. The van der Waals surface area contributed by atoms with Gasteiger partial charge in [-0.25, -0.2) is 0 Å². The van der Waals surface area contributed by atoms with Gasteiger partial charge in [-0.1, -0.05) is 25.1 Å². The summed E-state index contributed by atoms with van der Waals surface area (Å²) in [7, 11) is 3.60. The van der Waals surface area contributed by atoms with Crippen LogP contribution in [0.2, 0.25) is 0 Å². The Morgan fingerprint density at radius 3 is 2.71 bits per heavy atom. The summed E-state index contributed by atoms with van der Waals surface area (Å²) < 4.78 is 13.0. The number of nitrogens with one attached hydrogen (secondary N) is 1. The summed E-state index contributed by atoms with van der Waals surface area (Å²) in [5.41, 5.74) is 1.05. The average Bonchev–Trinajstić information content (AvgIpc) is 2.88. The predicted molar refractivity (Wildman–Crippen MR) is 82.7 cm³/mol. The molecule has 5 heteroatoms. The SMILES string of the molecule is CCNC(CCOc1ccccc1)c1c(OC)cnn1C. The second-order valence-electron chi connectivity index (χ2n) is 4.78. The maximum Gasteiger partial charge on any atom is 0.161 e. The first-order valence-electron chi connectivity index (χ1n) is 7.23. The number of aryl methyl sites for hydroxylation is 1. The van der Waals surface area contributed by atoms with Crippen molar-refractivity contribution in [3.05, 3.63) is 42.2 Å². The van der Waals surface area contributed by atoms with Crippen molar-refractivity contribution in [3.8, 4) is 11.5 Å². The molecule has 0 amide bonds. The summed E-state index contributed by atoms with van der Waals surface area (Å²) in [6.45, 7) is 3.61. The fourth-order valence-corrected chi connectivity index (χ4v) is 2.37. The molecule has 0 spiro atoms. The van der Waals surface area contributed by atoms with E-state index in [1.54, 1.807) is 13.3 Å². The van der Waals surface area contributed by atoms with Crippen LogP contribution in [0.4, 0.5) is 0 Å². The number of nitrogens with zero attached hydrogens (tertiary/aromatic N) is 2. The molecule has 1 unspecified atom stereocenters. The van der Waals surface area contributed by atoms with E-state index in [0.29, 0.717) is 6.61 Å². The quantitative estimate of drug-likeness (QED) is 0.811. The van der Waals surface area contributed by atoms with Crippen molar-refractivity contribution >= 4 is 0 Å². The van der Waals surface area contributed by atoms with E-state index in [4.69, 9.17) is 9.47 Å². The largest absolute Gasteiger partial charge is 0.494 e. The minimum Gasteiger partial charge on any atom is -0.494 e. The normalized spacial score (nSPS) is 12.1. The molecule has 0 aliphatic rings. The highest BCUT2D eigenvalue weighted by atomic mass is 16.5. The topological polar surface area (TPSA) is 48.3 Å². The van der Waals surface area contributed by atoms with Crippen molar-refractivity contribution in [2.75, 3.05) is 20.3 Å². The third kappa shape index (κ3) is 3.98. The maximum atomic E-state index is 5.78. The van der Waals surface area contributed by atoms with Gasteiger partial charge in [0.15, 0.2) is 5.75 Å². The van der Waals surface area contributed by atoms with E-state index in [0.717, 1.165) is 30.2 Å². The lowest BCUT2D eigenvalue weighted by Gasteiger charge is -2.19. The summed E-state index contributed by atoms with van der Waals surface area (Å²) in [5, 5.41) is 7.73. The average molecular weight is 289 g/mol. The van der Waals surface area contributed by atoms with Gasteiger partial charge in [0.2, 0.25) is 0 Å². The molecule has 2 aromatic rings. The van der Waals surface area contributed by atoms with Crippen LogP contribution in [-0.2, 0) is 7.05 Å². The highest BCUT2D eigenvalue weighted by Gasteiger charge is 2.19. The van der Waals surface area contributed by atoms with Crippen molar-refractivity contribution in [3.63, 3.8) is 0 Å². The van der Waals surface area contributed by atoms with Crippen LogP contribution in [0.25, 0.3) is 0 Å². The van der Waals surface area contributed by atoms with E-state index in [2.05, 4.69) is 17.3 Å². The Labute approximate surface area is 125 Å². The van der Waals surface area contributed by atoms with Crippen LogP contribution in [0.15, 0.2) is 36.5 Å². The van der Waals surface area contributed by atoms with Crippen molar-refractivity contribution < 1.29 is 9.47 Å². The third-order valence-electron chi connectivity index (χ3n) is 3.37. The monoisotopic (exact) mass is 289 g/mol. The molecule has 0 saturated heterocycles. The molecule has 114 valence electrons. The van der Waals surface area contributed by atoms with E-state index in [1.807, 2.05) is 42.1 Å². The Kier molecular flexibility index (Phi) is 5.63. The Hall–Kier alpha value is -2.01. The predicted octanol–water partition coefficient (Wildman–Crippen LogP) is 2.55. The Morgan fingerprint density at radius 2 is 2.05 bits per heavy atom. The minimum atomic E-state index is 0.154. The maximum absolute atomic E-state index is 5.78. The molecule has 0 bridgehead atoms. The van der Waals surface area contributed by atoms with Crippen molar-refractivity contribution in [1.82, 2.24) is 15.1 Å². The molecule has 1 aromatic carbocycles. The van der Waals surface area contributed by atoms with Crippen LogP contribution in [0, 0.1) is 0 Å². The van der Waals surface area contributed by atoms with Gasteiger partial charge in [0.1, 0.15) is 5.75 Å². The standard InChI is InChI=1S/C16H23N3O2/c1-4-17-14(16-15(20-3)12-18-19(16)2)10-11-21-13-8-6-5-7-9-13/h5-9,12,14,17H,4,10-11H2,1-3H3. The summed E-state index contributed by atoms with van der Waals surface area (Å²) in [4.78, 5) is 0. The number of hydrogen-bond donors (Lipinski definition) is 1. The highest BCUT2D eigenvalue weighted by Crippen LogP contribution is 2.26. The van der Waals surface area contributed by atoms with Gasteiger partial charge in [-0.3, -0.25) is 4.68 Å². The lowest BCUT2D eigenvalue weighted by molar-refractivity contribution is 0.281. The van der Waals surface area contributed by atoms with Crippen molar-refractivity contribution in [2.45, 2.75) is 19.4 Å². The number of methoxy groups -OCH3 is 1. The fourth-order valence-electron chi connectivity index (χ4n) is 2.37. The Bertz CT molecular complexity index is 540. The number of para-hydroxylation sites is 1. The zero-order valence-electron chi connectivity index (χ0n) is 12.9. The van der Waals surface area contributed by atoms with Gasteiger partial charge in [0, 0.05) is 13.5 Å². The van der Waals surface area contributed by atoms with E-state index in [9.17, 15) is 0 Å². The van der Waals surface area contributed by atoms with Gasteiger partial charge in [0.05, 0.1) is 31.6 Å². The summed E-state index contributed by atoms with van der Waals surface area (Å²) in [6.07, 6.45) is 2.59. The summed E-state index contributed by atoms with van der Waals surface area (Å²) in [6, 6.07) is 10.0. The van der Waals surface area contributed by atoms with Gasteiger partial charge in [0.25, 0.3) is 0 Å². The van der Waals surface area contributed by atoms with E-state index >= 15 is 0 Å². The number of ether oxygens (including phenoxy) is 2. The lowest BCUT2D eigenvalue weighted by atomic mass is 10.1. The highest BCUT2D eigenvalue weighted by molar-refractivity contribution is 5.28. The molecule has 1 heterocycles. The van der Waals surface area contributed by atoms with Crippen LogP contribution in [0.3, 0.4) is 0 Å². The molecule has 0 saturated carbocycles. The van der Waals surface area contributed by atoms with Crippen LogP contribution < -0.4 is 14.8 Å². The van der Waals surface area contributed by atoms with Crippen molar-refractivity contribution in [2.24, 2.45) is 7.05 Å². The van der Waals surface area contributed by atoms with Gasteiger partial charge < -0.3 is 14.8 Å². The second kappa shape index (κ2) is 7.69. The van der Waals surface area contributed by atoms with Gasteiger partial charge in [-0.15, -0.1) is 0 Å². The first kappa shape index (κ1) is 15.4. The molecule has 21 heavy (non-hydrogen) atoms. The van der Waals surface area contributed by atoms with Crippen LogP contribution in [0.5, 0.6) is 11.5 Å². The van der Waals surface area contributed by atoms with Gasteiger partial charge in [-0.05, 0) is 18.7 Å². The van der Waals surface area contributed by atoms with E-state index in [-0.39, 0.29) is 6.04 Å². The zero-order chi connectivity index (χ0) is 15.1. The smallest absolute Gasteiger partial charge is 0.161 e. The molecule has 1 N–H and O–H groups in total. The number of rotatable bonds is 8. The van der Waals surface area contributed by atoms with Crippen LogP contribution in [-0.4, -0.2) is 30.0 Å². The molecular weight excluding hydrogens is 266 g/mol. The lowest BCUT2D eigenvalue weighted by Crippen LogP contribution is -2.25. The zero-order valence-corrected chi connectivity index (χ0v) is 12.9. The first-order chi connectivity index (χ1) is 10.3. The van der Waals surface area contributed by atoms with Crippen molar-refractivity contribution in [1.29, 1.82) is 0 Å². The summed E-state index contributed by atoms with van der Waals surface area (Å²) >= 11 is 0. The van der Waals surface area contributed by atoms with Gasteiger partial charge in [-0.2, -0.15) is 5.10 Å². The van der Waals surface area contributed by atoms with Crippen LogP contribution in [0.1, 0.15) is 25.1 Å². The number of benzene rings is 1. The first-order valence-corrected chi connectivity index (χ1v) is 7.23. The van der Waals surface area contributed by atoms with E-state index in [1.165, 1.54) is 0 Å². The molecule has 1 atom stereocenters. The molecule has 0 aliphatic carbocycles. The number of hydrogen-bond acceptors (Lipinski definition) is 4. The van der Waals surface area contributed by atoms with E-state index < -0.39 is 0 Å². The second-order valence-corrected chi connectivity index (χ2v) is 4.78. The Balaban J connectivity index is 2.00. The van der Waals surface area contributed by atoms with Crippen LogP contribution >= 0.6 is 0 Å². The number of aromatic nitrogens is 2. The Morgan fingerprint density at radius 1 is 1.29 bits per heavy atom. The molecule has 0 radical (unpaired) electrons. The summed E-state index contributed by atoms with van der Waals surface area (Å²) in [5.74, 6) is 1.70. The molecule has 5 nitrogen and oxygen atoms in total. The molecule has 1 aromatic heterocycles.